The summed E-state index contributed by atoms with van der Waals surface area (Å²) >= 11 is 0. The van der Waals surface area contributed by atoms with Gasteiger partial charge in [0.1, 0.15) is 0 Å². The number of hydrogen-bond donors (Lipinski definition) is 0. The summed E-state index contributed by atoms with van der Waals surface area (Å²) in [6.07, 6.45) is 0. The van der Waals surface area contributed by atoms with E-state index in [1.165, 1.54) is 0 Å². The summed E-state index contributed by atoms with van der Waals surface area (Å²) in [5.41, 5.74) is 0. The molecule has 0 aromatic rings. The van der Waals surface area contributed by atoms with Gasteiger partial charge >= 0.3 is 62.9 Å². The van der Waals surface area contributed by atoms with E-state index < -0.39 is 17.7 Å². The monoisotopic (exact) mass is 342 g/mol. The van der Waals surface area contributed by atoms with Crippen LogP contribution in [0.5, 0.6) is 0 Å². The summed E-state index contributed by atoms with van der Waals surface area (Å²) in [7, 11) is -8.76. The van der Waals surface area contributed by atoms with Crippen molar-refractivity contribution in [1.82, 2.24) is 0 Å². The van der Waals surface area contributed by atoms with Crippen LogP contribution in [-0.2, 0) is 36.0 Å². The maximum Gasteiger partial charge on any atom is 0 e. The van der Waals surface area contributed by atoms with Crippen LogP contribution in [0.3, 0.4) is 0 Å². The van der Waals surface area contributed by atoms with Crippen LogP contribution >= 0.6 is 17.7 Å². The molecule has 0 unspecified atom stereocenters. The van der Waals surface area contributed by atoms with Crippen LogP contribution in [0.2, 0.25) is 0 Å². The molecule has 0 heterocycles. The molecule has 0 fully saturated rings. The predicted molar refractivity (Wildman–Crippen MR) is 39.0 cm³/mol. The molecular formula is C4H2CrF6O4P2+2. The molecule has 0 saturated carbocycles. The molecule has 13 heteroatoms. The standard InChI is InChI=1S/4CO.Cr.2F3HP/c4*1-2;;2*1-4(2)3/h;;;;;2*4H/q;;;;;2*+1. The summed E-state index contributed by atoms with van der Waals surface area (Å²) in [6, 6.07) is 0. The van der Waals surface area contributed by atoms with Crippen LogP contribution in [0.25, 0.3) is 0 Å². The van der Waals surface area contributed by atoms with Gasteiger partial charge in [0.2, 0.25) is 0 Å². The van der Waals surface area contributed by atoms with Gasteiger partial charge in [0, 0.05) is 42.5 Å². The molecule has 0 radical (unpaired) electrons. The molecule has 0 rings (SSSR count). The molecule has 0 spiro atoms. The van der Waals surface area contributed by atoms with Crippen molar-refractivity contribution in [3.8, 4) is 0 Å². The Morgan fingerprint density at radius 2 is 0.471 bits per heavy atom. The minimum Gasteiger partial charge on any atom is 0 e. The van der Waals surface area contributed by atoms with E-state index in [4.69, 9.17) is 18.6 Å². The van der Waals surface area contributed by atoms with Gasteiger partial charge in [-0.3, -0.25) is 0 Å². The van der Waals surface area contributed by atoms with E-state index in [-0.39, 0.29) is 17.4 Å². The van der Waals surface area contributed by atoms with E-state index in [0.29, 0.717) is 0 Å². The minimum absolute atomic E-state index is 0. The Bertz CT molecular complexity index is 128. The van der Waals surface area contributed by atoms with Gasteiger partial charge in [0.05, 0.1) is 0 Å². The van der Waals surface area contributed by atoms with Crippen molar-refractivity contribution in [1.29, 1.82) is 0 Å². The molecule has 0 N–H and O–H groups in total. The van der Waals surface area contributed by atoms with Gasteiger partial charge in [0.15, 0.2) is 0 Å². The van der Waals surface area contributed by atoms with Gasteiger partial charge < -0.3 is 0 Å². The van der Waals surface area contributed by atoms with Gasteiger partial charge in [-0.2, -0.15) is 0 Å². The first-order chi connectivity index (χ1) is 7.46. The third kappa shape index (κ3) is 678000. The maximum atomic E-state index is 9.77. The molecule has 0 aliphatic heterocycles. The number of rotatable bonds is 0. The summed E-state index contributed by atoms with van der Waals surface area (Å²) in [6.45, 7) is 18.0. The van der Waals surface area contributed by atoms with Gasteiger partial charge in [0.25, 0.3) is 0 Å². The third-order valence-corrected chi connectivity index (χ3v) is 0. The molecular weight excluding hydrogens is 340 g/mol. The number of halogens is 6. The van der Waals surface area contributed by atoms with Crippen LogP contribution in [0.15, 0.2) is 0 Å². The minimum atomic E-state index is -4.38. The molecule has 0 aliphatic rings. The fraction of sp³-hybridized carbons (Fsp3) is 0. The van der Waals surface area contributed by atoms with Crippen LogP contribution in [0.1, 0.15) is 0 Å². The Morgan fingerprint density at radius 1 is 0.471 bits per heavy atom. The van der Waals surface area contributed by atoms with E-state index in [2.05, 4.69) is 26.6 Å². The Hall–Kier alpha value is -0.0675. The number of hydrogen-bond acceptors (Lipinski definition) is 0. The van der Waals surface area contributed by atoms with Crippen molar-refractivity contribution < 1.29 is 61.2 Å². The molecule has 0 aromatic heterocycles. The Balaban J connectivity index is -0.0000000146. The largest absolute Gasteiger partial charge is 0 e. The fourth-order valence-electron chi connectivity index (χ4n) is 0. The molecule has 0 saturated heterocycles. The van der Waals surface area contributed by atoms with Crippen molar-refractivity contribution in [2.75, 3.05) is 0 Å². The van der Waals surface area contributed by atoms with Gasteiger partial charge in [-0.15, -0.1) is 0 Å². The van der Waals surface area contributed by atoms with Gasteiger partial charge in [-0.1, -0.05) is 0 Å². The normalized spacial score (nSPS) is 4.71. The van der Waals surface area contributed by atoms with Crippen LogP contribution in [0.4, 0.5) is 25.2 Å². The molecule has 98 valence electrons. The van der Waals surface area contributed by atoms with E-state index in [1.54, 1.807) is 0 Å². The average Bonchev–Trinajstić information content (AvgIpc) is 2.27. The second-order valence-corrected chi connectivity index (χ2v) is 1.29. The van der Waals surface area contributed by atoms with Crippen molar-refractivity contribution in [3.05, 3.63) is 26.6 Å². The maximum absolute atomic E-state index is 9.77. The van der Waals surface area contributed by atoms with Crippen LogP contribution < -0.4 is 0 Å². The zero-order valence-electron chi connectivity index (χ0n) is 7.31. The SMILES string of the molecule is F[PH+](F)F.F[PH+](F)F.[C-]#[O+].[C-]#[O+].[C-]#[O+].[C-]#[O+].[Cr]. The Labute approximate surface area is 106 Å². The van der Waals surface area contributed by atoms with Crippen LogP contribution in [-0.4, -0.2) is 0 Å². The van der Waals surface area contributed by atoms with E-state index >= 15 is 0 Å². The zero-order valence-corrected chi connectivity index (χ0v) is 10.6. The van der Waals surface area contributed by atoms with Gasteiger partial charge in [-0.25, -0.2) is 0 Å². The summed E-state index contributed by atoms with van der Waals surface area (Å²) in [5.74, 6) is 0. The third-order valence-electron chi connectivity index (χ3n) is 0. The second-order valence-electron chi connectivity index (χ2n) is 0.429. The summed E-state index contributed by atoms with van der Waals surface area (Å²) in [4.78, 5) is 0. The molecule has 0 aliphatic carbocycles. The molecule has 0 atom stereocenters. The zero-order chi connectivity index (χ0) is 15.2. The first-order valence-corrected chi connectivity index (χ1v) is 4.22. The van der Waals surface area contributed by atoms with Crippen molar-refractivity contribution in [2.24, 2.45) is 0 Å². The topological polar surface area (TPSA) is 79.6 Å². The second kappa shape index (κ2) is 101. The van der Waals surface area contributed by atoms with Crippen molar-refractivity contribution in [3.63, 3.8) is 0 Å². The first-order valence-electron chi connectivity index (χ1n) is 1.95. The predicted octanol–water partition coefficient (Wildman–Crippen LogP) is 3.56. The van der Waals surface area contributed by atoms with E-state index in [1.807, 2.05) is 0 Å². The average molecular weight is 342 g/mol. The first kappa shape index (κ1) is 43.6. The Morgan fingerprint density at radius 3 is 0.471 bits per heavy atom. The summed E-state index contributed by atoms with van der Waals surface area (Å²) < 4.78 is 88.6. The molecule has 0 bridgehead atoms. The molecule has 4 nitrogen and oxygen atoms in total. The quantitative estimate of drug-likeness (QED) is 0.279. The van der Waals surface area contributed by atoms with Crippen LogP contribution in [0, 0.1) is 26.6 Å². The molecule has 0 amide bonds. The van der Waals surface area contributed by atoms with Gasteiger partial charge in [-0.05, 0) is 0 Å². The van der Waals surface area contributed by atoms with E-state index in [0.717, 1.165) is 0 Å². The van der Waals surface area contributed by atoms with E-state index in [9.17, 15) is 25.2 Å². The Kier molecular flexibility index (Phi) is 259. The van der Waals surface area contributed by atoms with Crippen molar-refractivity contribution in [2.45, 2.75) is 0 Å². The fourth-order valence-corrected chi connectivity index (χ4v) is 0. The molecule has 17 heavy (non-hydrogen) atoms. The smallest absolute Gasteiger partial charge is 0 e. The summed E-state index contributed by atoms with van der Waals surface area (Å²) in [5, 5.41) is 0. The van der Waals surface area contributed by atoms with Crippen molar-refractivity contribution >= 4 is 17.7 Å². The molecule has 0 aromatic carbocycles.